The minimum absolute atomic E-state index is 0.109. The van der Waals surface area contributed by atoms with Gasteiger partial charge in [-0.25, -0.2) is 0 Å². The maximum Gasteiger partial charge on any atom is 0.223 e. The first-order chi connectivity index (χ1) is 9.25. The number of carbonyl (C=O) groups is 1. The van der Waals surface area contributed by atoms with E-state index in [-0.39, 0.29) is 5.41 Å². The zero-order valence-corrected chi connectivity index (χ0v) is 11.3. The molecule has 0 spiro atoms. The number of hydrogen-bond donors (Lipinski definition) is 2. The lowest BCUT2D eigenvalue weighted by Gasteiger charge is -2.26. The summed E-state index contributed by atoms with van der Waals surface area (Å²) in [5.74, 6) is 4.11. The van der Waals surface area contributed by atoms with E-state index in [1.165, 1.54) is 38.5 Å². The molecule has 0 aromatic heterocycles. The highest BCUT2D eigenvalue weighted by Gasteiger charge is 2.79. The first-order valence-corrected chi connectivity index (χ1v) is 8.17. The Morgan fingerprint density at radius 3 is 2.16 bits per heavy atom. The van der Waals surface area contributed by atoms with Gasteiger partial charge in [-0.05, 0) is 68.1 Å². The van der Waals surface area contributed by atoms with Gasteiger partial charge in [0.25, 0.3) is 0 Å². The van der Waals surface area contributed by atoms with Crippen molar-refractivity contribution in [2.75, 3.05) is 6.61 Å². The van der Waals surface area contributed by atoms with Crippen molar-refractivity contribution < 1.29 is 9.90 Å². The van der Waals surface area contributed by atoms with E-state index in [0.717, 1.165) is 11.8 Å². The number of rotatable bonds is 3. The van der Waals surface area contributed by atoms with Gasteiger partial charge in [0.1, 0.15) is 0 Å². The Balaban J connectivity index is 1.35. The summed E-state index contributed by atoms with van der Waals surface area (Å²) in [4.78, 5) is 12.7. The third-order valence-electron chi connectivity index (χ3n) is 7.63. The molecule has 3 heteroatoms. The van der Waals surface area contributed by atoms with Crippen LogP contribution < -0.4 is 5.32 Å². The highest BCUT2D eigenvalue weighted by Crippen LogP contribution is 2.78. The summed E-state index contributed by atoms with van der Waals surface area (Å²) in [6, 6.07) is 0.306. The van der Waals surface area contributed by atoms with Crippen molar-refractivity contribution in [2.45, 2.75) is 44.6 Å². The Morgan fingerprint density at radius 2 is 1.63 bits per heavy atom. The van der Waals surface area contributed by atoms with Crippen LogP contribution in [0.2, 0.25) is 0 Å². The van der Waals surface area contributed by atoms with E-state index in [2.05, 4.69) is 5.32 Å². The van der Waals surface area contributed by atoms with Crippen molar-refractivity contribution in [1.29, 1.82) is 0 Å². The van der Waals surface area contributed by atoms with Gasteiger partial charge < -0.3 is 10.4 Å². The topological polar surface area (TPSA) is 49.3 Å². The summed E-state index contributed by atoms with van der Waals surface area (Å²) in [6.45, 7) is 0.293. The minimum Gasteiger partial charge on any atom is -0.396 e. The molecule has 3 atom stereocenters. The molecule has 3 unspecified atom stereocenters. The van der Waals surface area contributed by atoms with Crippen molar-refractivity contribution in [1.82, 2.24) is 5.32 Å². The van der Waals surface area contributed by atoms with Gasteiger partial charge in [0.2, 0.25) is 5.91 Å². The monoisotopic (exact) mass is 261 g/mol. The molecule has 0 aliphatic heterocycles. The van der Waals surface area contributed by atoms with E-state index in [1.54, 1.807) is 0 Å². The van der Waals surface area contributed by atoms with Crippen LogP contribution in [0, 0.1) is 40.9 Å². The molecule has 6 bridgehead atoms. The first kappa shape index (κ1) is 11.1. The number of fused-ring (bicyclic) bond motifs is 2. The van der Waals surface area contributed by atoms with Crippen molar-refractivity contribution in [3.8, 4) is 0 Å². The van der Waals surface area contributed by atoms with Crippen LogP contribution in [0.4, 0.5) is 0 Å². The molecule has 6 saturated carbocycles. The molecule has 6 aliphatic carbocycles. The second-order valence-corrected chi connectivity index (χ2v) is 7.90. The number of aliphatic hydroxyl groups is 1. The van der Waals surface area contributed by atoms with Crippen LogP contribution in [0.3, 0.4) is 0 Å². The number of nitrogens with one attached hydrogen (secondary N) is 1. The van der Waals surface area contributed by atoms with Crippen LogP contribution in [0.5, 0.6) is 0 Å². The lowest BCUT2D eigenvalue weighted by Crippen LogP contribution is -2.46. The average Bonchev–Trinajstić information content (AvgIpc) is 3.03. The van der Waals surface area contributed by atoms with Gasteiger partial charge in [0, 0.05) is 17.4 Å². The molecule has 6 fully saturated rings. The van der Waals surface area contributed by atoms with Crippen LogP contribution >= 0.6 is 0 Å². The first-order valence-electron chi connectivity index (χ1n) is 8.17. The summed E-state index contributed by atoms with van der Waals surface area (Å²) in [5.41, 5.74) is 0.109. The largest absolute Gasteiger partial charge is 0.396 e. The fourth-order valence-corrected chi connectivity index (χ4v) is 6.83. The SMILES string of the molecule is O=C(NC1C2CC3C(C2)C31CO)C1C2CCC1CC2. The predicted octanol–water partition coefficient (Wildman–Crippen LogP) is 1.56. The van der Waals surface area contributed by atoms with Crippen molar-refractivity contribution in [3.63, 3.8) is 0 Å². The Bertz CT molecular complexity index is 416. The van der Waals surface area contributed by atoms with Gasteiger partial charge in [-0.2, -0.15) is 0 Å². The van der Waals surface area contributed by atoms with E-state index in [0.29, 0.717) is 42.2 Å². The molecule has 0 saturated heterocycles. The Labute approximate surface area is 114 Å². The molecule has 2 N–H and O–H groups in total. The Morgan fingerprint density at radius 1 is 1.05 bits per heavy atom. The molecule has 104 valence electrons. The predicted molar refractivity (Wildman–Crippen MR) is 70.1 cm³/mol. The number of hydrogen-bond acceptors (Lipinski definition) is 2. The van der Waals surface area contributed by atoms with Crippen molar-refractivity contribution >= 4 is 5.91 Å². The molecule has 19 heavy (non-hydrogen) atoms. The van der Waals surface area contributed by atoms with E-state index < -0.39 is 0 Å². The lowest BCUT2D eigenvalue weighted by molar-refractivity contribution is -0.127. The fraction of sp³-hybridized carbons (Fsp3) is 0.938. The maximum absolute atomic E-state index is 12.7. The molecular formula is C16H23NO2. The van der Waals surface area contributed by atoms with Crippen LogP contribution in [0.25, 0.3) is 0 Å². The van der Waals surface area contributed by atoms with Gasteiger partial charge >= 0.3 is 0 Å². The van der Waals surface area contributed by atoms with Crippen LogP contribution in [0.1, 0.15) is 38.5 Å². The lowest BCUT2D eigenvalue weighted by atomic mass is 9.93. The van der Waals surface area contributed by atoms with Crippen LogP contribution in [0.15, 0.2) is 0 Å². The van der Waals surface area contributed by atoms with E-state index in [1.807, 2.05) is 0 Å². The third-order valence-corrected chi connectivity index (χ3v) is 7.63. The summed E-state index contributed by atoms with van der Waals surface area (Å²) in [5, 5.41) is 13.2. The highest BCUT2D eigenvalue weighted by molar-refractivity contribution is 5.80. The highest BCUT2D eigenvalue weighted by atomic mass is 16.3. The van der Waals surface area contributed by atoms with Gasteiger partial charge in [-0.15, -0.1) is 0 Å². The third kappa shape index (κ3) is 1.14. The zero-order valence-electron chi connectivity index (χ0n) is 11.3. The summed E-state index contributed by atoms with van der Waals surface area (Å²) < 4.78 is 0. The summed E-state index contributed by atoms with van der Waals surface area (Å²) in [7, 11) is 0. The van der Waals surface area contributed by atoms with Gasteiger partial charge in [-0.1, -0.05) is 0 Å². The van der Waals surface area contributed by atoms with E-state index in [4.69, 9.17) is 0 Å². The Hall–Kier alpha value is -0.570. The smallest absolute Gasteiger partial charge is 0.223 e. The van der Waals surface area contributed by atoms with E-state index >= 15 is 0 Å². The van der Waals surface area contributed by atoms with Crippen molar-refractivity contribution in [2.24, 2.45) is 40.9 Å². The van der Waals surface area contributed by atoms with Gasteiger partial charge in [-0.3, -0.25) is 4.79 Å². The summed E-state index contributed by atoms with van der Waals surface area (Å²) >= 11 is 0. The quantitative estimate of drug-likeness (QED) is 0.810. The number of carbonyl (C=O) groups excluding carboxylic acids is 1. The standard InChI is InChI=1S/C16H23NO2/c18-7-16-11-5-10(6-12(11)16)14(16)17-15(19)13-8-1-2-9(13)4-3-8/h8-14,18H,1-7H2,(H,17,19). The molecule has 0 radical (unpaired) electrons. The molecule has 6 aliphatic rings. The zero-order chi connectivity index (χ0) is 12.8. The maximum atomic E-state index is 12.7. The minimum atomic E-state index is 0.109. The van der Waals surface area contributed by atoms with Crippen LogP contribution in [-0.2, 0) is 4.79 Å². The van der Waals surface area contributed by atoms with Gasteiger partial charge in [0.05, 0.1) is 6.61 Å². The number of aliphatic hydroxyl groups excluding tert-OH is 1. The number of amides is 1. The fourth-order valence-electron chi connectivity index (χ4n) is 6.83. The molecule has 3 nitrogen and oxygen atoms in total. The van der Waals surface area contributed by atoms with Crippen LogP contribution in [-0.4, -0.2) is 23.7 Å². The normalized spacial score (nSPS) is 59.7. The summed E-state index contributed by atoms with van der Waals surface area (Å²) in [6.07, 6.45) is 7.60. The Kier molecular flexibility index (Phi) is 1.97. The van der Waals surface area contributed by atoms with E-state index in [9.17, 15) is 9.90 Å². The average molecular weight is 261 g/mol. The second-order valence-electron chi connectivity index (χ2n) is 7.90. The molecule has 6 rings (SSSR count). The molecular weight excluding hydrogens is 238 g/mol. The molecule has 0 aromatic carbocycles. The molecule has 0 aromatic rings. The van der Waals surface area contributed by atoms with Crippen molar-refractivity contribution in [3.05, 3.63) is 0 Å². The molecule has 0 heterocycles. The van der Waals surface area contributed by atoms with Gasteiger partial charge in [0.15, 0.2) is 0 Å². The second kappa shape index (κ2) is 3.36. The molecule has 1 amide bonds.